The summed E-state index contributed by atoms with van der Waals surface area (Å²) < 4.78 is 78.0. The molecule has 0 aliphatic rings. The molecule has 0 fully saturated rings. The molecule has 5 rings (SSSR count). The summed E-state index contributed by atoms with van der Waals surface area (Å²) in [5.74, 6) is 0. The van der Waals surface area contributed by atoms with Gasteiger partial charge in [-0.2, -0.15) is 26.3 Å². The normalized spacial score (nSPS) is 12.3. The van der Waals surface area contributed by atoms with Crippen molar-refractivity contribution in [1.82, 2.24) is 4.98 Å². The molecule has 0 bridgehead atoms. The van der Waals surface area contributed by atoms with E-state index in [1.165, 1.54) is 24.3 Å². The summed E-state index contributed by atoms with van der Waals surface area (Å²) in [4.78, 5) is 3.25. The van der Waals surface area contributed by atoms with Crippen molar-refractivity contribution in [2.45, 2.75) is 12.6 Å². The Morgan fingerprint density at radius 3 is 1.31 bits per heavy atom. The molecule has 0 unspecified atom stereocenters. The van der Waals surface area contributed by atoms with Crippen LogP contribution >= 0.6 is 0 Å². The van der Waals surface area contributed by atoms with Crippen LogP contribution in [0.3, 0.4) is 0 Å². The third kappa shape index (κ3) is 4.75. The van der Waals surface area contributed by atoms with Crippen molar-refractivity contribution >= 4 is 33.2 Å². The second-order valence-corrected chi connectivity index (χ2v) is 7.98. The van der Waals surface area contributed by atoms with Gasteiger partial charge in [-0.3, -0.25) is 10.6 Å². The Morgan fingerprint density at radius 2 is 0.914 bits per heavy atom. The average Bonchev–Trinajstić information content (AvgIpc) is 3.15. The fourth-order valence-electron chi connectivity index (χ4n) is 4.23. The second-order valence-electron chi connectivity index (χ2n) is 7.98. The number of hydrogen-bond donors (Lipinski definition) is 3. The van der Waals surface area contributed by atoms with Crippen molar-refractivity contribution in [3.63, 3.8) is 0 Å². The van der Waals surface area contributed by atoms with E-state index in [-0.39, 0.29) is 11.4 Å². The number of benzene rings is 4. The standard InChI is InChI=1S/C26H17F6N3/c27-25(28,29)34-23-7-3-1-5-17(23)15-9-11-21-19(13-15)20-14-16(10-12-22(20)33-21)18-6-2-4-8-24(18)35-26(30,31)32/h1-14,33-35H. The number of anilines is 2. The van der Waals surface area contributed by atoms with E-state index in [0.29, 0.717) is 22.3 Å². The first-order valence-corrected chi connectivity index (χ1v) is 10.5. The van der Waals surface area contributed by atoms with Crippen molar-refractivity contribution < 1.29 is 26.3 Å². The maximum Gasteiger partial charge on any atom is 0.482 e. The van der Waals surface area contributed by atoms with Gasteiger partial charge in [0, 0.05) is 44.3 Å². The number of para-hydroxylation sites is 2. The van der Waals surface area contributed by atoms with Gasteiger partial charge in [-0.15, -0.1) is 0 Å². The first-order chi connectivity index (χ1) is 16.6. The zero-order chi connectivity index (χ0) is 24.8. The summed E-state index contributed by atoms with van der Waals surface area (Å²) in [6.45, 7) is 0. The summed E-state index contributed by atoms with van der Waals surface area (Å²) in [5.41, 5.74) is 3.23. The molecule has 1 heterocycles. The molecule has 3 N–H and O–H groups in total. The topological polar surface area (TPSA) is 39.9 Å². The van der Waals surface area contributed by atoms with Crippen molar-refractivity contribution in [2.24, 2.45) is 0 Å². The van der Waals surface area contributed by atoms with Crippen LogP contribution in [-0.2, 0) is 0 Å². The van der Waals surface area contributed by atoms with Crippen LogP contribution in [0.5, 0.6) is 0 Å². The Labute approximate surface area is 195 Å². The monoisotopic (exact) mass is 485 g/mol. The quantitative estimate of drug-likeness (QED) is 0.176. The van der Waals surface area contributed by atoms with Crippen molar-refractivity contribution in [1.29, 1.82) is 0 Å². The van der Waals surface area contributed by atoms with Crippen molar-refractivity contribution in [3.8, 4) is 22.3 Å². The van der Waals surface area contributed by atoms with Gasteiger partial charge in [-0.25, -0.2) is 0 Å². The summed E-state index contributed by atoms with van der Waals surface area (Å²) in [6.07, 6.45) is -9.18. The number of aromatic amines is 1. The fourth-order valence-corrected chi connectivity index (χ4v) is 4.23. The smallest absolute Gasteiger partial charge is 0.355 e. The van der Waals surface area contributed by atoms with Crippen LogP contribution in [0.1, 0.15) is 0 Å². The van der Waals surface area contributed by atoms with E-state index in [4.69, 9.17) is 0 Å². The third-order valence-electron chi connectivity index (χ3n) is 5.63. The minimum absolute atomic E-state index is 0.0768. The first-order valence-electron chi connectivity index (χ1n) is 10.5. The summed E-state index contributed by atoms with van der Waals surface area (Å²) in [5, 5.41) is 4.63. The van der Waals surface area contributed by atoms with Crippen LogP contribution in [0.4, 0.5) is 37.7 Å². The summed E-state index contributed by atoms with van der Waals surface area (Å²) in [6, 6.07) is 22.7. The van der Waals surface area contributed by atoms with Gasteiger partial charge in [-0.1, -0.05) is 48.5 Å². The van der Waals surface area contributed by atoms with E-state index in [9.17, 15) is 26.3 Å². The van der Waals surface area contributed by atoms with Gasteiger partial charge in [0.25, 0.3) is 0 Å². The molecule has 0 spiro atoms. The lowest BCUT2D eigenvalue weighted by Gasteiger charge is -2.15. The number of rotatable bonds is 4. The molecule has 0 atom stereocenters. The van der Waals surface area contributed by atoms with E-state index in [1.54, 1.807) is 71.3 Å². The van der Waals surface area contributed by atoms with Crippen molar-refractivity contribution in [3.05, 3.63) is 84.9 Å². The maximum atomic E-state index is 13.0. The van der Waals surface area contributed by atoms with Crippen LogP contribution in [-0.4, -0.2) is 17.6 Å². The van der Waals surface area contributed by atoms with E-state index >= 15 is 0 Å². The molecule has 5 aromatic rings. The molecule has 0 saturated heterocycles. The highest BCUT2D eigenvalue weighted by Crippen LogP contribution is 2.38. The van der Waals surface area contributed by atoms with Crippen LogP contribution in [0, 0.1) is 0 Å². The lowest BCUT2D eigenvalue weighted by Crippen LogP contribution is -2.21. The maximum absolute atomic E-state index is 13.0. The first kappa shape index (κ1) is 22.6. The van der Waals surface area contributed by atoms with Crippen LogP contribution in [0.25, 0.3) is 44.1 Å². The molecule has 1 aromatic heterocycles. The van der Waals surface area contributed by atoms with Gasteiger partial charge >= 0.3 is 12.6 Å². The molecular weight excluding hydrogens is 468 g/mol. The number of fused-ring (bicyclic) bond motifs is 3. The van der Waals surface area contributed by atoms with E-state index < -0.39 is 12.6 Å². The zero-order valence-corrected chi connectivity index (χ0v) is 17.9. The van der Waals surface area contributed by atoms with Crippen LogP contribution < -0.4 is 10.6 Å². The van der Waals surface area contributed by atoms with Crippen molar-refractivity contribution in [2.75, 3.05) is 10.6 Å². The Kier molecular flexibility index (Phi) is 5.35. The van der Waals surface area contributed by atoms with E-state index in [2.05, 4.69) is 4.98 Å². The highest BCUT2D eigenvalue weighted by Gasteiger charge is 2.29. The molecule has 0 saturated carbocycles. The summed E-state index contributed by atoms with van der Waals surface area (Å²) >= 11 is 0. The second kappa shape index (κ2) is 8.26. The number of H-pyrrole nitrogens is 1. The van der Waals surface area contributed by atoms with Crippen LogP contribution in [0.15, 0.2) is 84.9 Å². The average molecular weight is 485 g/mol. The predicted molar refractivity (Wildman–Crippen MR) is 126 cm³/mol. The third-order valence-corrected chi connectivity index (χ3v) is 5.63. The van der Waals surface area contributed by atoms with Gasteiger partial charge in [-0.05, 0) is 47.5 Å². The van der Waals surface area contributed by atoms with Gasteiger partial charge in [0.15, 0.2) is 0 Å². The Bertz CT molecular complexity index is 1420. The SMILES string of the molecule is FC(F)(F)Nc1ccccc1-c1ccc2[nH]c3ccc(-c4ccccc4NC(F)(F)F)cc3c2c1. The predicted octanol–water partition coefficient (Wildman–Crippen LogP) is 8.52. The number of nitrogens with one attached hydrogen (secondary N) is 3. The number of hydrogen-bond acceptors (Lipinski definition) is 2. The minimum Gasteiger partial charge on any atom is -0.355 e. The summed E-state index contributed by atoms with van der Waals surface area (Å²) in [7, 11) is 0. The number of halogens is 6. The van der Waals surface area contributed by atoms with Gasteiger partial charge < -0.3 is 4.98 Å². The molecular formula is C26H17F6N3. The van der Waals surface area contributed by atoms with E-state index in [1.807, 2.05) is 0 Å². The number of aromatic nitrogens is 1. The Morgan fingerprint density at radius 1 is 0.514 bits per heavy atom. The highest BCUT2D eigenvalue weighted by atomic mass is 19.4. The van der Waals surface area contributed by atoms with Gasteiger partial charge in [0.1, 0.15) is 0 Å². The molecule has 0 radical (unpaired) electrons. The van der Waals surface area contributed by atoms with Gasteiger partial charge in [0.2, 0.25) is 0 Å². The molecule has 0 aliphatic heterocycles. The lowest BCUT2D eigenvalue weighted by atomic mass is 9.98. The lowest BCUT2D eigenvalue weighted by molar-refractivity contribution is -0.101. The van der Waals surface area contributed by atoms with Crippen LogP contribution in [0.2, 0.25) is 0 Å². The Hall–Kier alpha value is -4.14. The molecule has 0 aliphatic carbocycles. The molecule has 0 amide bonds. The molecule has 3 nitrogen and oxygen atoms in total. The zero-order valence-electron chi connectivity index (χ0n) is 17.9. The molecule has 178 valence electrons. The minimum atomic E-state index is -4.59. The molecule has 9 heteroatoms. The largest absolute Gasteiger partial charge is 0.482 e. The fraction of sp³-hybridized carbons (Fsp3) is 0.0769. The van der Waals surface area contributed by atoms with Gasteiger partial charge in [0.05, 0.1) is 0 Å². The highest BCUT2D eigenvalue weighted by molar-refractivity contribution is 6.10. The molecule has 4 aromatic carbocycles. The van der Waals surface area contributed by atoms with E-state index in [0.717, 1.165) is 21.8 Å². The molecule has 35 heavy (non-hydrogen) atoms. The number of alkyl halides is 6. The Balaban J connectivity index is 1.64.